The Morgan fingerprint density at radius 2 is 0.294 bits per heavy atom. The SMILES string of the molecule is CC.CC.CCC.CCC.[CH3-].[CH3-].[CH3-].[CH3-].[Y].[Y].c1ccccc1.c1ccccc1.c1ccccc1. The summed E-state index contributed by atoms with van der Waals surface area (Å²) in [6, 6.07) is 36.0. The van der Waals surface area contributed by atoms with Crippen molar-refractivity contribution in [1.82, 2.24) is 0 Å². The van der Waals surface area contributed by atoms with Crippen molar-refractivity contribution in [3.63, 3.8) is 0 Å². The minimum atomic E-state index is 0. The Morgan fingerprint density at radius 3 is 0.324 bits per heavy atom. The average molecular weight is 621 g/mol. The summed E-state index contributed by atoms with van der Waals surface area (Å²) in [6.45, 7) is 16.5. The molecule has 3 aromatic rings. The normalized spacial score (nSPS) is 5.65. The average Bonchev–Trinajstić information content (AvgIpc) is 2.82. The smallest absolute Gasteiger partial charge is 0 e. The van der Waals surface area contributed by atoms with E-state index in [1.807, 2.05) is 137 Å². The largest absolute Gasteiger partial charge is 0.358 e. The molecule has 0 unspecified atom stereocenters. The van der Waals surface area contributed by atoms with Gasteiger partial charge in [0.25, 0.3) is 0 Å². The Morgan fingerprint density at radius 1 is 0.265 bits per heavy atom. The Bertz CT molecular complexity index is 328. The number of hydrogen-bond acceptors (Lipinski definition) is 0. The second-order valence-electron chi connectivity index (χ2n) is 4.88. The summed E-state index contributed by atoms with van der Waals surface area (Å²) in [5.74, 6) is 0. The molecule has 0 saturated carbocycles. The van der Waals surface area contributed by atoms with Gasteiger partial charge in [0.05, 0.1) is 0 Å². The monoisotopic (exact) mass is 620 g/mol. The number of benzene rings is 3. The Labute approximate surface area is 269 Å². The molecule has 196 valence electrons. The van der Waals surface area contributed by atoms with Crippen LogP contribution in [0.5, 0.6) is 0 Å². The van der Waals surface area contributed by atoms with Crippen LogP contribution in [-0.2, 0) is 65.4 Å². The van der Waals surface area contributed by atoms with E-state index in [-0.39, 0.29) is 95.1 Å². The van der Waals surface area contributed by atoms with Gasteiger partial charge in [-0.3, -0.25) is 0 Å². The predicted molar refractivity (Wildman–Crippen MR) is 160 cm³/mol. The number of hydrogen-bond donors (Lipinski definition) is 0. The van der Waals surface area contributed by atoms with E-state index in [1.165, 1.54) is 12.8 Å². The Kier molecular flexibility index (Phi) is 160. The van der Waals surface area contributed by atoms with E-state index in [1.54, 1.807) is 0 Å². The standard InChI is InChI=1S/3C6H6.2C3H8.2C2H6.4CH3.2Y/c3*1-2-4-6-5-3-1;2*1-3-2;2*1-2;;;;;;/h3*1-6H;2*3H2,1-2H3;2*1-2H3;4*1H3;;/q;;;;;;;4*-1;;. The van der Waals surface area contributed by atoms with Crippen LogP contribution in [0.2, 0.25) is 0 Å². The van der Waals surface area contributed by atoms with Crippen molar-refractivity contribution in [2.45, 2.75) is 68.2 Å². The first-order chi connectivity index (χ1) is 13.8. The van der Waals surface area contributed by atoms with E-state index in [0.717, 1.165) is 0 Å². The molecule has 0 aliphatic carbocycles. The van der Waals surface area contributed by atoms with E-state index < -0.39 is 0 Å². The zero-order valence-corrected chi connectivity index (χ0v) is 30.6. The zero-order chi connectivity index (χ0) is 22.1. The second-order valence-corrected chi connectivity index (χ2v) is 4.88. The van der Waals surface area contributed by atoms with Crippen LogP contribution in [0.25, 0.3) is 0 Å². The molecule has 0 fully saturated rings. The fraction of sp³-hybridized carbons (Fsp3) is 0.312. The van der Waals surface area contributed by atoms with Gasteiger partial charge in [0.15, 0.2) is 0 Å². The molecule has 0 aliphatic rings. The molecular weight excluding hydrogens is 562 g/mol. The zero-order valence-electron chi connectivity index (χ0n) is 25.0. The topological polar surface area (TPSA) is 0 Å². The van der Waals surface area contributed by atoms with Gasteiger partial charge in [-0.1, -0.05) is 177 Å². The van der Waals surface area contributed by atoms with Crippen LogP contribution >= 0.6 is 0 Å². The third kappa shape index (κ3) is 95.1. The van der Waals surface area contributed by atoms with Crippen LogP contribution in [0.3, 0.4) is 0 Å². The van der Waals surface area contributed by atoms with Crippen LogP contribution in [0.4, 0.5) is 0 Å². The first-order valence-corrected chi connectivity index (χ1v) is 10.8. The van der Waals surface area contributed by atoms with Crippen molar-refractivity contribution in [3.05, 3.63) is 139 Å². The Hall–Kier alpha value is -0.132. The van der Waals surface area contributed by atoms with Gasteiger partial charge in [-0.2, -0.15) is 0 Å². The van der Waals surface area contributed by atoms with Gasteiger partial charge < -0.3 is 29.7 Å². The molecule has 0 saturated heterocycles. The molecule has 3 rings (SSSR count). The summed E-state index contributed by atoms with van der Waals surface area (Å²) < 4.78 is 0. The summed E-state index contributed by atoms with van der Waals surface area (Å²) >= 11 is 0. The van der Waals surface area contributed by atoms with Gasteiger partial charge in [0.2, 0.25) is 0 Å². The maximum absolute atomic E-state index is 2.12. The van der Waals surface area contributed by atoms with Crippen molar-refractivity contribution < 1.29 is 65.4 Å². The van der Waals surface area contributed by atoms with Gasteiger partial charge in [-0.15, -0.1) is 0 Å². The summed E-state index contributed by atoms with van der Waals surface area (Å²) in [5.41, 5.74) is 0. The molecule has 0 N–H and O–H groups in total. The summed E-state index contributed by atoms with van der Waals surface area (Å²) in [6.07, 6.45) is 2.50. The molecule has 2 radical (unpaired) electrons. The fourth-order valence-corrected chi connectivity index (χ4v) is 1.15. The predicted octanol–water partition coefficient (Wildman–Crippen LogP) is 11.7. The van der Waals surface area contributed by atoms with Crippen molar-refractivity contribution in [3.8, 4) is 0 Å². The van der Waals surface area contributed by atoms with Gasteiger partial charge >= 0.3 is 0 Å². The molecule has 3 aromatic carbocycles. The second kappa shape index (κ2) is 84.6. The first-order valence-electron chi connectivity index (χ1n) is 10.8. The number of rotatable bonds is 0. The van der Waals surface area contributed by atoms with Crippen molar-refractivity contribution in [2.75, 3.05) is 0 Å². The molecule has 0 nitrogen and oxygen atoms in total. The quantitative estimate of drug-likeness (QED) is 0.219. The molecule has 0 atom stereocenters. The summed E-state index contributed by atoms with van der Waals surface area (Å²) in [7, 11) is 0. The van der Waals surface area contributed by atoms with Gasteiger partial charge in [0, 0.05) is 65.4 Å². The van der Waals surface area contributed by atoms with E-state index in [0.29, 0.717) is 0 Å². The van der Waals surface area contributed by atoms with Crippen LogP contribution in [-0.4, -0.2) is 0 Å². The van der Waals surface area contributed by atoms with Crippen LogP contribution in [0, 0.1) is 29.7 Å². The molecule has 0 aromatic heterocycles. The van der Waals surface area contributed by atoms with E-state index in [4.69, 9.17) is 0 Å². The van der Waals surface area contributed by atoms with E-state index in [2.05, 4.69) is 27.7 Å². The maximum Gasteiger partial charge on any atom is 0 e. The third-order valence-corrected chi connectivity index (χ3v) is 2.00. The van der Waals surface area contributed by atoms with Gasteiger partial charge in [0.1, 0.15) is 0 Å². The molecule has 0 amide bonds. The molecule has 0 spiro atoms. The fourth-order valence-electron chi connectivity index (χ4n) is 1.15. The molecule has 0 bridgehead atoms. The molecule has 0 aliphatic heterocycles. The minimum Gasteiger partial charge on any atom is -0.358 e. The van der Waals surface area contributed by atoms with Crippen LogP contribution in [0.1, 0.15) is 68.2 Å². The molecule has 34 heavy (non-hydrogen) atoms. The van der Waals surface area contributed by atoms with Crippen molar-refractivity contribution in [2.24, 2.45) is 0 Å². The van der Waals surface area contributed by atoms with Gasteiger partial charge in [-0.25, -0.2) is 0 Å². The van der Waals surface area contributed by atoms with Crippen LogP contribution in [0.15, 0.2) is 109 Å². The van der Waals surface area contributed by atoms with E-state index >= 15 is 0 Å². The van der Waals surface area contributed by atoms with Gasteiger partial charge in [-0.05, 0) is 0 Å². The third-order valence-electron chi connectivity index (χ3n) is 2.00. The van der Waals surface area contributed by atoms with E-state index in [9.17, 15) is 0 Å². The Balaban J connectivity index is -0.0000000250. The van der Waals surface area contributed by atoms with Crippen molar-refractivity contribution in [1.29, 1.82) is 0 Å². The molecular formula is C32H58Y2-4. The summed E-state index contributed by atoms with van der Waals surface area (Å²) in [5, 5.41) is 0. The van der Waals surface area contributed by atoms with Crippen LogP contribution < -0.4 is 0 Å². The first kappa shape index (κ1) is 64.2. The summed E-state index contributed by atoms with van der Waals surface area (Å²) in [4.78, 5) is 0. The molecule has 0 heterocycles. The van der Waals surface area contributed by atoms with Crippen molar-refractivity contribution >= 4 is 0 Å². The maximum atomic E-state index is 2.12. The molecule has 2 heteroatoms. The minimum absolute atomic E-state index is 0.